The van der Waals surface area contributed by atoms with Crippen molar-refractivity contribution in [3.8, 4) is 0 Å². The van der Waals surface area contributed by atoms with Crippen LogP contribution in [0.2, 0.25) is 0 Å². The molecule has 1 nitrogen and oxygen atoms in total. The molecule has 0 spiro atoms. The van der Waals surface area contributed by atoms with Crippen LogP contribution in [0.15, 0.2) is 12.7 Å². The zero-order valence-corrected chi connectivity index (χ0v) is 6.64. The van der Waals surface area contributed by atoms with Crippen molar-refractivity contribution in [1.82, 2.24) is 5.32 Å². The molecule has 1 heterocycles. The highest BCUT2D eigenvalue weighted by atomic mass is 14.9. The molecule has 1 rings (SSSR count). The molecule has 1 radical (unpaired) electrons. The van der Waals surface area contributed by atoms with Crippen LogP contribution in [0, 0.1) is 18.3 Å². The number of hydrogen-bond acceptors (Lipinski definition) is 1. The Balaban J connectivity index is 2.17. The highest BCUT2D eigenvalue weighted by Crippen LogP contribution is 2.16. The maximum atomic E-state index is 3.75. The van der Waals surface area contributed by atoms with Crippen molar-refractivity contribution in [2.45, 2.75) is 13.3 Å². The van der Waals surface area contributed by atoms with Gasteiger partial charge in [0.25, 0.3) is 0 Å². The predicted molar refractivity (Wildman–Crippen MR) is 44.6 cm³/mol. The van der Waals surface area contributed by atoms with Crippen LogP contribution in [0.25, 0.3) is 0 Å². The maximum absolute atomic E-state index is 3.75. The molecule has 1 heteroatoms. The highest BCUT2D eigenvalue weighted by molar-refractivity contribution is 4.93. The van der Waals surface area contributed by atoms with Gasteiger partial charge < -0.3 is 5.32 Å². The lowest BCUT2D eigenvalue weighted by Crippen LogP contribution is -2.11. The number of hydrogen-bond donors (Lipinski definition) is 1. The summed E-state index contributed by atoms with van der Waals surface area (Å²) in [6.07, 6.45) is 5.68. The normalized spacial score (nSPS) is 28.3. The molecule has 1 saturated heterocycles. The molecule has 0 saturated carbocycles. The van der Waals surface area contributed by atoms with Gasteiger partial charge in [-0.05, 0) is 37.8 Å². The Morgan fingerprint density at radius 2 is 2.50 bits per heavy atom. The van der Waals surface area contributed by atoms with Crippen molar-refractivity contribution < 1.29 is 0 Å². The van der Waals surface area contributed by atoms with Crippen molar-refractivity contribution in [2.75, 3.05) is 13.1 Å². The van der Waals surface area contributed by atoms with E-state index in [0.29, 0.717) is 5.92 Å². The van der Waals surface area contributed by atoms with Crippen LogP contribution < -0.4 is 5.32 Å². The summed E-state index contributed by atoms with van der Waals surface area (Å²) in [5.74, 6) is 1.36. The Labute approximate surface area is 63.5 Å². The van der Waals surface area contributed by atoms with Gasteiger partial charge in [0.2, 0.25) is 0 Å². The highest BCUT2D eigenvalue weighted by Gasteiger charge is 2.15. The van der Waals surface area contributed by atoms with Gasteiger partial charge >= 0.3 is 0 Å². The SMILES string of the molecule is C=CC(C)[CH]C1CCNC1. The van der Waals surface area contributed by atoms with Gasteiger partial charge in [0.05, 0.1) is 0 Å². The van der Waals surface area contributed by atoms with Crippen LogP contribution in [0.1, 0.15) is 13.3 Å². The van der Waals surface area contributed by atoms with E-state index in [1.807, 2.05) is 6.08 Å². The molecule has 1 aliphatic rings. The second kappa shape index (κ2) is 3.77. The Kier molecular flexibility index (Phi) is 2.94. The van der Waals surface area contributed by atoms with E-state index in [2.05, 4.69) is 25.2 Å². The van der Waals surface area contributed by atoms with E-state index in [1.165, 1.54) is 13.0 Å². The molecule has 1 N–H and O–H groups in total. The zero-order chi connectivity index (χ0) is 7.40. The van der Waals surface area contributed by atoms with Gasteiger partial charge in [0, 0.05) is 0 Å². The molecule has 0 aliphatic carbocycles. The largest absolute Gasteiger partial charge is 0.316 e. The minimum absolute atomic E-state index is 0.574. The van der Waals surface area contributed by atoms with Crippen molar-refractivity contribution in [3.63, 3.8) is 0 Å². The van der Waals surface area contributed by atoms with Crippen molar-refractivity contribution >= 4 is 0 Å². The van der Waals surface area contributed by atoms with Crippen LogP contribution in [0.5, 0.6) is 0 Å². The molecule has 57 valence electrons. The first-order valence-corrected chi connectivity index (χ1v) is 4.01. The summed E-state index contributed by atoms with van der Waals surface area (Å²) >= 11 is 0. The molecule has 2 unspecified atom stereocenters. The van der Waals surface area contributed by atoms with Crippen molar-refractivity contribution in [2.24, 2.45) is 11.8 Å². The van der Waals surface area contributed by atoms with Crippen molar-refractivity contribution in [3.05, 3.63) is 19.1 Å². The van der Waals surface area contributed by atoms with E-state index in [-0.39, 0.29) is 0 Å². The number of rotatable bonds is 3. The minimum Gasteiger partial charge on any atom is -0.316 e. The summed E-state index contributed by atoms with van der Waals surface area (Å²) < 4.78 is 0. The van der Waals surface area contributed by atoms with E-state index in [4.69, 9.17) is 0 Å². The number of allylic oxidation sites excluding steroid dienone is 1. The van der Waals surface area contributed by atoms with Gasteiger partial charge in [0.1, 0.15) is 0 Å². The smallest absolute Gasteiger partial charge is 0.00171 e. The average molecular weight is 138 g/mol. The summed E-state index contributed by atoms with van der Waals surface area (Å²) in [5, 5.41) is 3.34. The number of nitrogens with one attached hydrogen (secondary N) is 1. The Morgan fingerprint density at radius 1 is 1.70 bits per heavy atom. The topological polar surface area (TPSA) is 12.0 Å². The lowest BCUT2D eigenvalue weighted by Gasteiger charge is -2.10. The first kappa shape index (κ1) is 7.80. The maximum Gasteiger partial charge on any atom is -0.00171 e. The third kappa shape index (κ3) is 2.14. The molecule has 1 fully saturated rings. The average Bonchev–Trinajstić information content (AvgIpc) is 2.40. The fraction of sp³-hybridized carbons (Fsp3) is 0.667. The third-order valence-corrected chi connectivity index (χ3v) is 2.05. The van der Waals surface area contributed by atoms with Crippen molar-refractivity contribution in [1.29, 1.82) is 0 Å². The first-order chi connectivity index (χ1) is 4.83. The predicted octanol–water partition coefficient (Wildman–Crippen LogP) is 1.62. The second-order valence-electron chi connectivity index (χ2n) is 3.04. The Morgan fingerprint density at radius 3 is 3.00 bits per heavy atom. The van der Waals surface area contributed by atoms with Crippen LogP contribution in [-0.4, -0.2) is 13.1 Å². The van der Waals surface area contributed by atoms with Gasteiger partial charge in [-0.15, -0.1) is 6.58 Å². The Hall–Kier alpha value is -0.300. The van der Waals surface area contributed by atoms with Gasteiger partial charge in [-0.1, -0.05) is 13.0 Å². The fourth-order valence-electron chi connectivity index (χ4n) is 1.35. The lowest BCUT2D eigenvalue weighted by atomic mass is 9.95. The summed E-state index contributed by atoms with van der Waals surface area (Å²) in [6.45, 7) is 8.29. The summed E-state index contributed by atoms with van der Waals surface area (Å²) in [5.41, 5.74) is 0. The minimum atomic E-state index is 0.574. The van der Waals surface area contributed by atoms with E-state index >= 15 is 0 Å². The Bertz CT molecular complexity index is 103. The molecule has 10 heavy (non-hydrogen) atoms. The first-order valence-electron chi connectivity index (χ1n) is 4.01. The molecular weight excluding hydrogens is 122 g/mol. The van der Waals surface area contributed by atoms with Gasteiger partial charge in [0.15, 0.2) is 0 Å². The summed E-state index contributed by atoms with van der Waals surface area (Å²) in [4.78, 5) is 0. The molecule has 0 aromatic rings. The fourth-order valence-corrected chi connectivity index (χ4v) is 1.35. The van der Waals surface area contributed by atoms with Gasteiger partial charge in [-0.2, -0.15) is 0 Å². The van der Waals surface area contributed by atoms with Crippen LogP contribution in [0.4, 0.5) is 0 Å². The molecule has 0 bridgehead atoms. The van der Waals surface area contributed by atoms with E-state index in [1.54, 1.807) is 0 Å². The molecule has 2 atom stereocenters. The lowest BCUT2D eigenvalue weighted by molar-refractivity contribution is 0.601. The van der Waals surface area contributed by atoms with Gasteiger partial charge in [-0.3, -0.25) is 0 Å². The molecule has 0 aromatic heterocycles. The standard InChI is InChI=1S/C9H16N/c1-3-8(2)6-9-4-5-10-7-9/h3,6,8-10H,1,4-5,7H2,2H3. The van der Waals surface area contributed by atoms with Crippen LogP contribution in [0.3, 0.4) is 0 Å². The summed E-state index contributed by atoms with van der Waals surface area (Å²) in [7, 11) is 0. The van der Waals surface area contributed by atoms with Gasteiger partial charge in [-0.25, -0.2) is 0 Å². The van der Waals surface area contributed by atoms with E-state index in [0.717, 1.165) is 12.5 Å². The zero-order valence-electron chi connectivity index (χ0n) is 6.64. The molecule has 0 amide bonds. The summed E-state index contributed by atoms with van der Waals surface area (Å²) in [6, 6.07) is 0. The van der Waals surface area contributed by atoms with E-state index in [9.17, 15) is 0 Å². The van der Waals surface area contributed by atoms with E-state index < -0.39 is 0 Å². The molecule has 1 aliphatic heterocycles. The molecular formula is C9H16N. The second-order valence-corrected chi connectivity index (χ2v) is 3.04. The van der Waals surface area contributed by atoms with Crippen LogP contribution >= 0.6 is 0 Å². The third-order valence-electron chi connectivity index (χ3n) is 2.05. The molecule has 0 aromatic carbocycles. The monoisotopic (exact) mass is 138 g/mol. The quantitative estimate of drug-likeness (QED) is 0.584. The van der Waals surface area contributed by atoms with Crippen LogP contribution in [-0.2, 0) is 0 Å².